The molecule has 0 saturated carbocycles. The maximum Gasteiger partial charge on any atom is 0.344 e. The predicted molar refractivity (Wildman–Crippen MR) is 81.7 cm³/mol. The van der Waals surface area contributed by atoms with E-state index < -0.39 is 4.92 Å². The lowest BCUT2D eigenvalue weighted by molar-refractivity contribution is -0.383. The van der Waals surface area contributed by atoms with Crippen LogP contribution in [0, 0.1) is 10.1 Å². The molecule has 0 fully saturated rings. The molecule has 5 nitrogen and oxygen atoms in total. The summed E-state index contributed by atoms with van der Waals surface area (Å²) in [5, 5.41) is 15.3. The van der Waals surface area contributed by atoms with Crippen LogP contribution in [0.25, 0.3) is 22.6 Å². The fourth-order valence-electron chi connectivity index (χ4n) is 2.03. The molecule has 0 radical (unpaired) electrons. The summed E-state index contributed by atoms with van der Waals surface area (Å²) < 4.78 is 6.12. The Labute approximate surface area is 128 Å². The van der Waals surface area contributed by atoms with Gasteiger partial charge in [0.05, 0.1) is 4.92 Å². The number of aromatic nitrogens is 1. The van der Waals surface area contributed by atoms with E-state index >= 15 is 0 Å². The van der Waals surface area contributed by atoms with Crippen LogP contribution in [0.2, 0.25) is 0 Å². The minimum atomic E-state index is -0.462. The van der Waals surface area contributed by atoms with Crippen molar-refractivity contribution in [1.82, 2.24) is 5.16 Å². The molecule has 0 unspecified atom stereocenters. The summed E-state index contributed by atoms with van der Waals surface area (Å²) in [6.45, 7) is 0. The van der Waals surface area contributed by atoms with Crippen LogP contribution in [-0.2, 0) is 0 Å². The van der Waals surface area contributed by atoms with Gasteiger partial charge in [-0.2, -0.15) is 0 Å². The van der Waals surface area contributed by atoms with Gasteiger partial charge in [0.1, 0.15) is 0 Å². The zero-order valence-corrected chi connectivity index (χ0v) is 12.3. The number of rotatable bonds is 3. The molecule has 104 valence electrons. The third-order valence-corrected chi connectivity index (χ3v) is 3.53. The summed E-state index contributed by atoms with van der Waals surface area (Å²) >= 11 is 3.33. The highest BCUT2D eigenvalue weighted by atomic mass is 79.9. The maximum atomic E-state index is 11.4. The molecule has 0 aliphatic heterocycles. The van der Waals surface area contributed by atoms with Crippen molar-refractivity contribution < 1.29 is 9.45 Å². The molecular formula is C15H9BrN2O3. The van der Waals surface area contributed by atoms with E-state index in [9.17, 15) is 10.1 Å². The van der Waals surface area contributed by atoms with Gasteiger partial charge < -0.3 is 4.52 Å². The molecule has 0 amide bonds. The van der Waals surface area contributed by atoms with E-state index in [1.54, 1.807) is 48.5 Å². The molecule has 0 bridgehead atoms. The summed E-state index contributed by atoms with van der Waals surface area (Å²) in [5.74, 6) is 0.159. The topological polar surface area (TPSA) is 69.2 Å². The van der Waals surface area contributed by atoms with Crippen molar-refractivity contribution >= 4 is 21.6 Å². The molecule has 0 N–H and O–H groups in total. The smallest absolute Gasteiger partial charge is 0.344 e. The number of hydrogen-bond donors (Lipinski definition) is 0. The van der Waals surface area contributed by atoms with Crippen molar-refractivity contribution in [3.8, 4) is 22.6 Å². The van der Waals surface area contributed by atoms with Crippen LogP contribution in [0.3, 0.4) is 0 Å². The van der Waals surface area contributed by atoms with Gasteiger partial charge in [-0.15, -0.1) is 0 Å². The van der Waals surface area contributed by atoms with Gasteiger partial charge in [0.25, 0.3) is 0 Å². The first-order chi connectivity index (χ1) is 10.2. The Hall–Kier alpha value is -2.47. The number of halogens is 1. The number of hydrogen-bond acceptors (Lipinski definition) is 4. The lowest BCUT2D eigenvalue weighted by Crippen LogP contribution is -1.91. The van der Waals surface area contributed by atoms with Gasteiger partial charge >= 0.3 is 5.69 Å². The average Bonchev–Trinajstić information content (AvgIpc) is 2.94. The Morgan fingerprint density at radius 1 is 1.00 bits per heavy atom. The summed E-state index contributed by atoms with van der Waals surface area (Å²) in [4.78, 5) is 11.0. The lowest BCUT2D eigenvalue weighted by Gasteiger charge is -1.97. The summed E-state index contributed by atoms with van der Waals surface area (Å²) in [7, 11) is 0. The second kappa shape index (κ2) is 5.49. The Kier molecular flexibility index (Phi) is 3.53. The minimum absolute atomic E-state index is 0.122. The van der Waals surface area contributed by atoms with Crippen molar-refractivity contribution in [2.75, 3.05) is 0 Å². The second-order valence-electron chi connectivity index (χ2n) is 4.34. The number of nitro groups is 1. The van der Waals surface area contributed by atoms with Crippen LogP contribution in [-0.4, -0.2) is 10.1 Å². The Balaban J connectivity index is 2.17. The average molecular weight is 345 g/mol. The van der Waals surface area contributed by atoms with Gasteiger partial charge in [-0.3, -0.25) is 10.1 Å². The number of nitrogens with zero attached hydrogens (tertiary/aromatic N) is 2. The lowest BCUT2D eigenvalue weighted by atomic mass is 10.1. The second-order valence-corrected chi connectivity index (χ2v) is 5.25. The van der Waals surface area contributed by atoms with Gasteiger partial charge in [-0.25, -0.2) is 0 Å². The molecule has 0 aliphatic carbocycles. The van der Waals surface area contributed by atoms with Crippen molar-refractivity contribution in [1.29, 1.82) is 0 Å². The first-order valence-electron chi connectivity index (χ1n) is 6.12. The van der Waals surface area contributed by atoms with Crippen molar-refractivity contribution in [3.63, 3.8) is 0 Å². The zero-order chi connectivity index (χ0) is 14.8. The van der Waals surface area contributed by atoms with E-state index in [2.05, 4.69) is 21.1 Å². The van der Waals surface area contributed by atoms with Crippen molar-refractivity contribution in [3.05, 3.63) is 69.2 Å². The molecule has 21 heavy (non-hydrogen) atoms. The molecule has 0 aliphatic rings. The van der Waals surface area contributed by atoms with Crippen LogP contribution in [0.4, 0.5) is 5.69 Å². The highest BCUT2D eigenvalue weighted by molar-refractivity contribution is 9.10. The zero-order valence-electron chi connectivity index (χ0n) is 10.7. The number of benzene rings is 2. The minimum Gasteiger partial charge on any atom is -0.348 e. The summed E-state index contributed by atoms with van der Waals surface area (Å²) in [5.41, 5.74) is 1.37. The van der Waals surface area contributed by atoms with Gasteiger partial charge in [0.15, 0.2) is 5.69 Å². The molecule has 0 atom stereocenters. The van der Waals surface area contributed by atoms with E-state index in [4.69, 9.17) is 4.52 Å². The standard InChI is InChI=1S/C15H9BrN2O3/c16-12-8-6-11(7-9-12)15-14(18(19)20)13(17-21-15)10-4-2-1-3-5-10/h1-9H. The molecular weight excluding hydrogens is 336 g/mol. The fraction of sp³-hybridized carbons (Fsp3) is 0. The SMILES string of the molecule is O=[N+]([O-])c1c(-c2ccccc2)noc1-c1ccc(Br)cc1. The van der Waals surface area contributed by atoms with Crippen LogP contribution < -0.4 is 0 Å². The summed E-state index contributed by atoms with van der Waals surface area (Å²) in [6, 6.07) is 16.0. The quantitative estimate of drug-likeness (QED) is 0.511. The van der Waals surface area contributed by atoms with Gasteiger partial charge in [-0.05, 0) is 24.3 Å². The largest absolute Gasteiger partial charge is 0.348 e. The molecule has 1 aromatic heterocycles. The van der Waals surface area contributed by atoms with Crippen LogP contribution >= 0.6 is 15.9 Å². The van der Waals surface area contributed by atoms with Crippen LogP contribution in [0.5, 0.6) is 0 Å². The van der Waals surface area contributed by atoms with E-state index in [1.165, 1.54) is 0 Å². The normalized spacial score (nSPS) is 10.5. The first-order valence-corrected chi connectivity index (χ1v) is 6.91. The highest BCUT2D eigenvalue weighted by Gasteiger charge is 2.28. The van der Waals surface area contributed by atoms with Crippen molar-refractivity contribution in [2.45, 2.75) is 0 Å². The molecule has 2 aromatic carbocycles. The van der Waals surface area contributed by atoms with E-state index in [-0.39, 0.29) is 17.1 Å². The van der Waals surface area contributed by atoms with E-state index in [1.807, 2.05) is 6.07 Å². The third kappa shape index (κ3) is 2.57. The van der Waals surface area contributed by atoms with Crippen LogP contribution in [0.1, 0.15) is 0 Å². The Morgan fingerprint density at radius 2 is 1.67 bits per heavy atom. The highest BCUT2D eigenvalue weighted by Crippen LogP contribution is 2.38. The molecule has 6 heteroatoms. The fourth-order valence-corrected chi connectivity index (χ4v) is 2.30. The molecule has 0 spiro atoms. The molecule has 3 aromatic rings. The van der Waals surface area contributed by atoms with Crippen molar-refractivity contribution in [2.24, 2.45) is 0 Å². The van der Waals surface area contributed by atoms with Gasteiger partial charge in [0, 0.05) is 15.6 Å². The summed E-state index contributed by atoms with van der Waals surface area (Å²) in [6.07, 6.45) is 0. The van der Waals surface area contributed by atoms with Gasteiger partial charge in [0.2, 0.25) is 5.76 Å². The monoisotopic (exact) mass is 344 g/mol. The predicted octanol–water partition coefficient (Wildman–Crippen LogP) is 4.68. The Bertz CT molecular complexity index is 782. The van der Waals surface area contributed by atoms with Crippen LogP contribution in [0.15, 0.2) is 63.6 Å². The van der Waals surface area contributed by atoms with E-state index in [0.29, 0.717) is 11.1 Å². The first kappa shape index (κ1) is 13.5. The molecule has 0 saturated heterocycles. The third-order valence-electron chi connectivity index (χ3n) is 3.00. The molecule has 1 heterocycles. The molecule has 3 rings (SSSR count). The maximum absolute atomic E-state index is 11.4. The van der Waals surface area contributed by atoms with E-state index in [0.717, 1.165) is 4.47 Å². The van der Waals surface area contributed by atoms with Gasteiger partial charge in [-0.1, -0.05) is 51.4 Å². The Morgan fingerprint density at radius 3 is 2.29 bits per heavy atom.